The zero-order chi connectivity index (χ0) is 17.2. The van der Waals surface area contributed by atoms with Crippen molar-refractivity contribution in [1.82, 2.24) is 14.9 Å². The summed E-state index contributed by atoms with van der Waals surface area (Å²) in [5, 5.41) is 0.858. The summed E-state index contributed by atoms with van der Waals surface area (Å²) < 4.78 is 19.9. The molecule has 2 aromatic rings. The highest BCUT2D eigenvalue weighted by molar-refractivity contribution is 5.81. The van der Waals surface area contributed by atoms with Crippen LogP contribution in [0.15, 0.2) is 18.2 Å². The summed E-state index contributed by atoms with van der Waals surface area (Å²) in [7, 11) is 0. The summed E-state index contributed by atoms with van der Waals surface area (Å²) in [5.74, 6) is 0.761. The van der Waals surface area contributed by atoms with Gasteiger partial charge in [0.15, 0.2) is 6.35 Å². The minimum atomic E-state index is -0.564. The fourth-order valence-electron chi connectivity index (χ4n) is 4.72. The molecule has 4 aliphatic heterocycles. The van der Waals surface area contributed by atoms with Gasteiger partial charge in [-0.05, 0) is 50.9 Å². The zero-order valence-corrected chi connectivity index (χ0v) is 14.3. The number of halogens is 1. The molecule has 4 saturated heterocycles. The molecule has 6 nitrogen and oxygen atoms in total. The molecule has 0 aliphatic carbocycles. The molecule has 5 heterocycles. The molecule has 2 N–H and O–H groups in total. The Morgan fingerprint density at radius 1 is 1.24 bits per heavy atom. The number of fused-ring (bicyclic) bond motifs is 3. The van der Waals surface area contributed by atoms with Crippen LogP contribution in [0, 0.1) is 18.7 Å². The second kappa shape index (κ2) is 5.33. The Balaban J connectivity index is 1.52. The number of nitrogens with two attached hydrogens (primary N) is 1. The van der Waals surface area contributed by atoms with Crippen molar-refractivity contribution in [2.75, 3.05) is 31.1 Å². The van der Waals surface area contributed by atoms with Crippen LogP contribution in [0.1, 0.15) is 18.5 Å². The molecule has 4 aliphatic rings. The molecule has 1 aromatic heterocycles. The molecule has 6 rings (SSSR count). The number of aryl methyl sites for hydroxylation is 1. The van der Waals surface area contributed by atoms with E-state index in [1.54, 1.807) is 6.07 Å². The van der Waals surface area contributed by atoms with E-state index < -0.39 is 6.35 Å². The quantitative estimate of drug-likeness (QED) is 0.849. The van der Waals surface area contributed by atoms with E-state index in [2.05, 4.69) is 14.9 Å². The molecular weight excluding hydrogens is 321 g/mol. The minimum Gasteiger partial charge on any atom is -0.335 e. The Kier molecular flexibility index (Phi) is 3.29. The maximum absolute atomic E-state index is 13.6. The third-order valence-electron chi connectivity index (χ3n) is 6.02. The molecule has 2 atom stereocenters. The minimum absolute atomic E-state index is 0.232. The van der Waals surface area contributed by atoms with Crippen LogP contribution in [0.5, 0.6) is 0 Å². The topological polar surface area (TPSA) is 67.5 Å². The predicted octanol–water partition coefficient (Wildman–Crippen LogP) is 1.62. The molecule has 1 spiro atoms. The molecule has 2 bridgehead atoms. The van der Waals surface area contributed by atoms with Crippen molar-refractivity contribution in [2.45, 2.75) is 31.7 Å². The van der Waals surface area contributed by atoms with E-state index in [1.807, 2.05) is 11.8 Å². The second-order valence-electron chi connectivity index (χ2n) is 7.52. The Hall–Kier alpha value is -1.83. The van der Waals surface area contributed by atoms with E-state index >= 15 is 0 Å². The van der Waals surface area contributed by atoms with Gasteiger partial charge in [-0.15, -0.1) is 0 Å². The molecule has 7 heteroatoms. The molecule has 132 valence electrons. The molecule has 0 saturated carbocycles. The first-order valence-corrected chi connectivity index (χ1v) is 8.90. The Morgan fingerprint density at radius 3 is 2.76 bits per heavy atom. The van der Waals surface area contributed by atoms with Crippen molar-refractivity contribution < 1.29 is 9.13 Å². The van der Waals surface area contributed by atoms with E-state index in [1.165, 1.54) is 12.1 Å². The number of rotatable bonds is 1. The second-order valence-corrected chi connectivity index (χ2v) is 7.52. The van der Waals surface area contributed by atoms with E-state index in [9.17, 15) is 4.39 Å². The maximum Gasteiger partial charge on any atom is 0.229 e. The number of hydrogen-bond donors (Lipinski definition) is 1. The predicted molar refractivity (Wildman–Crippen MR) is 92.5 cm³/mol. The van der Waals surface area contributed by atoms with Crippen molar-refractivity contribution in [3.05, 3.63) is 29.7 Å². The molecule has 0 amide bonds. The van der Waals surface area contributed by atoms with Gasteiger partial charge in [0, 0.05) is 18.0 Å². The molecule has 2 unspecified atom stereocenters. The van der Waals surface area contributed by atoms with Crippen molar-refractivity contribution in [1.29, 1.82) is 0 Å². The molecule has 25 heavy (non-hydrogen) atoms. The summed E-state index contributed by atoms with van der Waals surface area (Å²) in [4.78, 5) is 13.6. The summed E-state index contributed by atoms with van der Waals surface area (Å²) in [6, 6.07) is 4.60. The number of aromatic nitrogens is 2. The van der Waals surface area contributed by atoms with Crippen LogP contribution in [0.2, 0.25) is 0 Å². The van der Waals surface area contributed by atoms with Crippen LogP contribution in [0.3, 0.4) is 0 Å². The van der Waals surface area contributed by atoms with Gasteiger partial charge in [-0.1, -0.05) is 0 Å². The number of benzene rings is 1. The van der Waals surface area contributed by atoms with Crippen LogP contribution in [-0.2, 0) is 4.74 Å². The van der Waals surface area contributed by atoms with Crippen LogP contribution >= 0.6 is 0 Å². The molecule has 0 radical (unpaired) electrons. The summed E-state index contributed by atoms with van der Waals surface area (Å²) in [5.41, 5.74) is 7.49. The summed E-state index contributed by atoms with van der Waals surface area (Å²) in [6.07, 6.45) is 1.75. The average Bonchev–Trinajstić information content (AvgIpc) is 2.91. The third kappa shape index (κ3) is 2.33. The van der Waals surface area contributed by atoms with Crippen molar-refractivity contribution >= 4 is 16.9 Å². The van der Waals surface area contributed by atoms with Gasteiger partial charge in [0.25, 0.3) is 0 Å². The highest BCUT2D eigenvalue weighted by Gasteiger charge is 2.54. The summed E-state index contributed by atoms with van der Waals surface area (Å²) in [6.45, 7) is 5.82. The fourth-order valence-corrected chi connectivity index (χ4v) is 4.72. The highest BCUT2D eigenvalue weighted by Crippen LogP contribution is 2.43. The van der Waals surface area contributed by atoms with Crippen LogP contribution in [0.25, 0.3) is 10.9 Å². The highest BCUT2D eigenvalue weighted by atomic mass is 19.1. The molecular formula is C18H22FN5O. The fraction of sp³-hybridized carbons (Fsp3) is 0.556. The largest absolute Gasteiger partial charge is 0.335 e. The number of piperidine rings is 3. The lowest BCUT2D eigenvalue weighted by Crippen LogP contribution is -2.61. The number of hydrogen-bond acceptors (Lipinski definition) is 6. The lowest BCUT2D eigenvalue weighted by atomic mass is 9.75. The zero-order valence-electron chi connectivity index (χ0n) is 14.3. The Bertz CT molecular complexity index is 838. The Labute approximate surface area is 145 Å². The number of ether oxygens (including phenoxy) is 1. The first-order chi connectivity index (χ1) is 12.0. The van der Waals surface area contributed by atoms with Gasteiger partial charge >= 0.3 is 0 Å². The van der Waals surface area contributed by atoms with Gasteiger partial charge in [0.2, 0.25) is 5.95 Å². The third-order valence-corrected chi connectivity index (χ3v) is 6.02. The van der Waals surface area contributed by atoms with E-state index in [4.69, 9.17) is 10.5 Å². The van der Waals surface area contributed by atoms with Gasteiger partial charge in [-0.2, -0.15) is 0 Å². The average molecular weight is 343 g/mol. The first-order valence-electron chi connectivity index (χ1n) is 8.90. The lowest BCUT2D eigenvalue weighted by molar-refractivity contribution is -0.137. The van der Waals surface area contributed by atoms with Crippen molar-refractivity contribution in [3.8, 4) is 0 Å². The van der Waals surface area contributed by atoms with Gasteiger partial charge in [-0.25, -0.2) is 14.4 Å². The van der Waals surface area contributed by atoms with Gasteiger partial charge in [0.1, 0.15) is 11.4 Å². The van der Waals surface area contributed by atoms with Crippen molar-refractivity contribution in [3.63, 3.8) is 0 Å². The molecule has 1 aromatic carbocycles. The van der Waals surface area contributed by atoms with Crippen LogP contribution in [-0.4, -0.2) is 53.0 Å². The van der Waals surface area contributed by atoms with E-state index in [-0.39, 0.29) is 11.4 Å². The van der Waals surface area contributed by atoms with E-state index in [0.29, 0.717) is 23.9 Å². The van der Waals surface area contributed by atoms with Crippen LogP contribution < -0.4 is 10.6 Å². The van der Waals surface area contributed by atoms with Gasteiger partial charge in [-0.3, -0.25) is 10.6 Å². The molecule has 4 fully saturated rings. The van der Waals surface area contributed by atoms with Crippen LogP contribution in [0.4, 0.5) is 10.3 Å². The van der Waals surface area contributed by atoms with Gasteiger partial charge < -0.3 is 9.64 Å². The standard InChI is InChI=1S/C18H22FN5O/c1-11-14-3-2-13(19)8-15(14)22-17(21-11)24-10-18(25-16(24)20)9-23-6-4-12(18)5-7-23/h2-3,8,12,16H,4-7,9-10,20H2,1H3. The van der Waals surface area contributed by atoms with E-state index in [0.717, 1.165) is 43.6 Å². The van der Waals surface area contributed by atoms with Crippen molar-refractivity contribution in [2.24, 2.45) is 11.7 Å². The smallest absolute Gasteiger partial charge is 0.229 e. The summed E-state index contributed by atoms with van der Waals surface area (Å²) >= 11 is 0. The Morgan fingerprint density at radius 2 is 2.04 bits per heavy atom. The first kappa shape index (κ1) is 15.4. The SMILES string of the molecule is Cc1nc(N2CC3(CN4CCC3CC4)OC2N)nc2cc(F)ccc12. The monoisotopic (exact) mass is 343 g/mol. The maximum atomic E-state index is 13.6. The van der Waals surface area contributed by atoms with Gasteiger partial charge in [0.05, 0.1) is 17.8 Å². The normalized spacial score (nSPS) is 34.4. The number of nitrogens with zero attached hydrogens (tertiary/aromatic N) is 4. The number of anilines is 1. The lowest BCUT2D eigenvalue weighted by Gasteiger charge is -2.50.